The molecule has 0 radical (unpaired) electrons. The number of methoxy groups -OCH3 is 1. The van der Waals surface area contributed by atoms with Crippen molar-refractivity contribution >= 4 is 0 Å². The van der Waals surface area contributed by atoms with Crippen molar-refractivity contribution in [2.75, 3.05) is 7.11 Å². The lowest BCUT2D eigenvalue weighted by molar-refractivity contribution is 0.395. The standard InChI is InChI=1S/C10H17NO/c1-3-4-5-6-9-7-8-11-10(9)12-2/h7-8,11H,3-6H2,1-2H3. The van der Waals surface area contributed by atoms with Gasteiger partial charge < -0.3 is 9.72 Å². The highest BCUT2D eigenvalue weighted by Gasteiger charge is 2.01. The van der Waals surface area contributed by atoms with Crippen molar-refractivity contribution < 1.29 is 4.74 Å². The van der Waals surface area contributed by atoms with Gasteiger partial charge in [-0.15, -0.1) is 0 Å². The molecule has 0 aliphatic rings. The Bertz CT molecular complexity index is 217. The Morgan fingerprint density at radius 3 is 2.92 bits per heavy atom. The predicted molar refractivity (Wildman–Crippen MR) is 50.6 cm³/mol. The van der Waals surface area contributed by atoms with E-state index in [1.165, 1.54) is 24.8 Å². The van der Waals surface area contributed by atoms with Gasteiger partial charge in [-0.1, -0.05) is 19.8 Å². The van der Waals surface area contributed by atoms with E-state index in [4.69, 9.17) is 4.74 Å². The minimum absolute atomic E-state index is 0.922. The van der Waals surface area contributed by atoms with Crippen LogP contribution >= 0.6 is 0 Å². The highest BCUT2D eigenvalue weighted by atomic mass is 16.5. The highest BCUT2D eigenvalue weighted by molar-refractivity contribution is 5.26. The Morgan fingerprint density at radius 1 is 1.42 bits per heavy atom. The summed E-state index contributed by atoms with van der Waals surface area (Å²) in [6.45, 7) is 2.22. The van der Waals surface area contributed by atoms with Gasteiger partial charge in [-0.3, -0.25) is 0 Å². The van der Waals surface area contributed by atoms with Crippen LogP contribution in [0.1, 0.15) is 31.7 Å². The Balaban J connectivity index is 2.39. The van der Waals surface area contributed by atoms with Crippen molar-refractivity contribution in [1.29, 1.82) is 0 Å². The second kappa shape index (κ2) is 4.86. The first-order chi connectivity index (χ1) is 5.88. The molecule has 0 saturated heterocycles. The molecule has 12 heavy (non-hydrogen) atoms. The summed E-state index contributed by atoms with van der Waals surface area (Å²) in [6.07, 6.45) is 6.88. The lowest BCUT2D eigenvalue weighted by atomic mass is 10.1. The predicted octanol–water partition coefficient (Wildman–Crippen LogP) is 2.76. The normalized spacial score (nSPS) is 10.2. The zero-order valence-corrected chi connectivity index (χ0v) is 7.89. The number of aromatic nitrogens is 1. The first kappa shape index (κ1) is 9.17. The molecule has 1 aromatic heterocycles. The van der Waals surface area contributed by atoms with Crippen molar-refractivity contribution in [2.24, 2.45) is 0 Å². The lowest BCUT2D eigenvalue weighted by Crippen LogP contribution is -1.89. The Hall–Kier alpha value is -0.920. The van der Waals surface area contributed by atoms with E-state index in [1.807, 2.05) is 6.20 Å². The molecule has 0 bridgehead atoms. The number of ether oxygens (including phenoxy) is 1. The van der Waals surface area contributed by atoms with Gasteiger partial charge in [0.05, 0.1) is 7.11 Å². The molecule has 2 nitrogen and oxygen atoms in total. The van der Waals surface area contributed by atoms with Crippen LogP contribution in [-0.4, -0.2) is 12.1 Å². The molecule has 1 heterocycles. The maximum atomic E-state index is 5.16. The highest BCUT2D eigenvalue weighted by Crippen LogP contribution is 2.17. The van der Waals surface area contributed by atoms with E-state index < -0.39 is 0 Å². The van der Waals surface area contributed by atoms with E-state index in [-0.39, 0.29) is 0 Å². The van der Waals surface area contributed by atoms with Crippen LogP contribution in [0.3, 0.4) is 0 Å². The fourth-order valence-electron chi connectivity index (χ4n) is 1.34. The average molecular weight is 167 g/mol. The van der Waals surface area contributed by atoms with Crippen molar-refractivity contribution in [1.82, 2.24) is 4.98 Å². The van der Waals surface area contributed by atoms with E-state index >= 15 is 0 Å². The largest absolute Gasteiger partial charge is 0.482 e. The summed E-state index contributed by atoms with van der Waals surface area (Å²) in [5, 5.41) is 0. The first-order valence-electron chi connectivity index (χ1n) is 4.58. The molecular weight excluding hydrogens is 150 g/mol. The fourth-order valence-corrected chi connectivity index (χ4v) is 1.34. The summed E-state index contributed by atoms with van der Waals surface area (Å²) in [6, 6.07) is 2.09. The van der Waals surface area contributed by atoms with Crippen molar-refractivity contribution in [3.05, 3.63) is 17.8 Å². The molecule has 68 valence electrons. The number of H-pyrrole nitrogens is 1. The number of aromatic amines is 1. The molecule has 0 atom stereocenters. The van der Waals surface area contributed by atoms with Gasteiger partial charge in [-0.2, -0.15) is 0 Å². The molecule has 0 fully saturated rings. The number of nitrogens with one attached hydrogen (secondary N) is 1. The molecule has 0 spiro atoms. The first-order valence-corrected chi connectivity index (χ1v) is 4.58. The van der Waals surface area contributed by atoms with Crippen LogP contribution in [0, 0.1) is 0 Å². The average Bonchev–Trinajstić information content (AvgIpc) is 2.52. The summed E-state index contributed by atoms with van der Waals surface area (Å²) in [4.78, 5) is 3.06. The maximum absolute atomic E-state index is 5.16. The quantitative estimate of drug-likeness (QED) is 0.670. The molecule has 0 unspecified atom stereocenters. The molecule has 0 aliphatic heterocycles. The molecule has 0 saturated carbocycles. The van der Waals surface area contributed by atoms with Gasteiger partial charge in [0.2, 0.25) is 0 Å². The van der Waals surface area contributed by atoms with Gasteiger partial charge in [0.25, 0.3) is 0 Å². The third-order valence-electron chi connectivity index (χ3n) is 2.04. The van der Waals surface area contributed by atoms with Crippen LogP contribution in [-0.2, 0) is 6.42 Å². The SMILES string of the molecule is CCCCCc1cc[nH]c1OC. The van der Waals surface area contributed by atoms with E-state index in [1.54, 1.807) is 7.11 Å². The Labute approximate surface area is 73.9 Å². The minimum atomic E-state index is 0.922. The molecule has 0 aliphatic carbocycles. The topological polar surface area (TPSA) is 25.0 Å². The fraction of sp³-hybridized carbons (Fsp3) is 0.600. The van der Waals surface area contributed by atoms with Crippen LogP contribution in [0.5, 0.6) is 5.88 Å². The summed E-state index contributed by atoms with van der Waals surface area (Å²) in [5.41, 5.74) is 1.30. The maximum Gasteiger partial charge on any atom is 0.193 e. The summed E-state index contributed by atoms with van der Waals surface area (Å²) in [5.74, 6) is 0.922. The van der Waals surface area contributed by atoms with Gasteiger partial charge in [0.15, 0.2) is 5.88 Å². The zero-order chi connectivity index (χ0) is 8.81. The second-order valence-corrected chi connectivity index (χ2v) is 2.99. The molecule has 1 N–H and O–H groups in total. The van der Waals surface area contributed by atoms with Crippen LogP contribution in [0.2, 0.25) is 0 Å². The number of rotatable bonds is 5. The van der Waals surface area contributed by atoms with Gasteiger partial charge in [-0.25, -0.2) is 0 Å². The number of unbranched alkanes of at least 4 members (excludes halogenated alkanes) is 2. The van der Waals surface area contributed by atoms with Crippen molar-refractivity contribution in [2.45, 2.75) is 32.6 Å². The lowest BCUT2D eigenvalue weighted by Gasteiger charge is -2.01. The van der Waals surface area contributed by atoms with E-state index in [0.29, 0.717) is 0 Å². The molecule has 1 aromatic rings. The van der Waals surface area contributed by atoms with E-state index in [0.717, 1.165) is 12.3 Å². The minimum Gasteiger partial charge on any atom is -0.482 e. The van der Waals surface area contributed by atoms with E-state index in [9.17, 15) is 0 Å². The zero-order valence-electron chi connectivity index (χ0n) is 7.89. The molecule has 1 rings (SSSR count). The molecular formula is C10H17NO. The van der Waals surface area contributed by atoms with E-state index in [2.05, 4.69) is 18.0 Å². The van der Waals surface area contributed by atoms with Gasteiger partial charge in [0, 0.05) is 11.8 Å². The summed E-state index contributed by atoms with van der Waals surface area (Å²) >= 11 is 0. The third-order valence-corrected chi connectivity index (χ3v) is 2.04. The summed E-state index contributed by atoms with van der Waals surface area (Å²) in [7, 11) is 1.70. The third kappa shape index (κ3) is 2.29. The van der Waals surface area contributed by atoms with Crippen molar-refractivity contribution in [3.8, 4) is 5.88 Å². The number of hydrogen-bond acceptors (Lipinski definition) is 1. The van der Waals surface area contributed by atoms with Crippen LogP contribution in [0.25, 0.3) is 0 Å². The molecule has 0 aromatic carbocycles. The number of hydrogen-bond donors (Lipinski definition) is 1. The van der Waals surface area contributed by atoms with Gasteiger partial charge in [-0.05, 0) is 18.9 Å². The molecule has 2 heteroatoms. The van der Waals surface area contributed by atoms with Crippen molar-refractivity contribution in [3.63, 3.8) is 0 Å². The van der Waals surface area contributed by atoms with Gasteiger partial charge in [0.1, 0.15) is 0 Å². The molecule has 0 amide bonds. The van der Waals surface area contributed by atoms with Crippen LogP contribution in [0.15, 0.2) is 12.3 Å². The summed E-state index contributed by atoms with van der Waals surface area (Å²) < 4.78 is 5.16. The Kier molecular flexibility index (Phi) is 3.71. The number of aryl methyl sites for hydroxylation is 1. The Morgan fingerprint density at radius 2 is 2.25 bits per heavy atom. The smallest absolute Gasteiger partial charge is 0.193 e. The monoisotopic (exact) mass is 167 g/mol. The van der Waals surface area contributed by atoms with Crippen LogP contribution in [0.4, 0.5) is 0 Å². The van der Waals surface area contributed by atoms with Crippen LogP contribution < -0.4 is 4.74 Å². The second-order valence-electron chi connectivity index (χ2n) is 2.99. The van der Waals surface area contributed by atoms with Gasteiger partial charge >= 0.3 is 0 Å².